The number of imidazole rings is 1. The number of aromatic nitrogens is 2. The van der Waals surface area contributed by atoms with Crippen LogP contribution in [0.4, 0.5) is 0 Å². The van der Waals surface area contributed by atoms with Crippen molar-refractivity contribution in [2.24, 2.45) is 7.05 Å². The van der Waals surface area contributed by atoms with Crippen molar-refractivity contribution in [2.75, 3.05) is 26.2 Å². The quantitative estimate of drug-likeness (QED) is 0.697. The van der Waals surface area contributed by atoms with E-state index < -0.39 is 16.1 Å². The van der Waals surface area contributed by atoms with E-state index in [0.717, 1.165) is 11.1 Å². The third kappa shape index (κ3) is 3.84. The van der Waals surface area contributed by atoms with Crippen LogP contribution in [0.15, 0.2) is 41.8 Å². The summed E-state index contributed by atoms with van der Waals surface area (Å²) in [5.41, 5.74) is 2.06. The highest BCUT2D eigenvalue weighted by Gasteiger charge is 2.42. The van der Waals surface area contributed by atoms with Crippen LogP contribution >= 0.6 is 0 Å². The smallest absolute Gasteiger partial charge is 0.262 e. The molecule has 2 saturated heterocycles. The highest BCUT2D eigenvalue weighted by atomic mass is 32.2. The fraction of sp³-hybridized carbons (Fsp3) is 0.450. The Morgan fingerprint density at radius 2 is 1.97 bits per heavy atom. The van der Waals surface area contributed by atoms with Gasteiger partial charge in [0.05, 0.1) is 6.33 Å². The van der Waals surface area contributed by atoms with E-state index >= 15 is 0 Å². The van der Waals surface area contributed by atoms with Gasteiger partial charge in [-0.1, -0.05) is 29.8 Å². The maximum atomic E-state index is 13.1. The van der Waals surface area contributed by atoms with Gasteiger partial charge in [-0.15, -0.1) is 0 Å². The summed E-state index contributed by atoms with van der Waals surface area (Å²) >= 11 is 0. The number of nitrogens with zero attached hydrogens (tertiary/aromatic N) is 5. The zero-order valence-corrected chi connectivity index (χ0v) is 17.9. The number of aryl methyl sites for hydroxylation is 2. The third-order valence-electron chi connectivity index (χ3n) is 5.60. The molecule has 4 rings (SSSR count). The summed E-state index contributed by atoms with van der Waals surface area (Å²) in [4.78, 5) is 33.0. The minimum Gasteiger partial charge on any atom is -0.339 e. The normalized spacial score (nSPS) is 20.9. The van der Waals surface area contributed by atoms with Gasteiger partial charge >= 0.3 is 0 Å². The van der Waals surface area contributed by atoms with Crippen molar-refractivity contribution in [1.29, 1.82) is 0 Å². The molecule has 1 unspecified atom stereocenters. The van der Waals surface area contributed by atoms with E-state index in [4.69, 9.17) is 0 Å². The van der Waals surface area contributed by atoms with Gasteiger partial charge in [0.15, 0.2) is 5.03 Å². The Morgan fingerprint density at radius 3 is 2.67 bits per heavy atom. The number of hydrogen-bond acceptors (Lipinski definition) is 5. The van der Waals surface area contributed by atoms with Crippen LogP contribution in [-0.2, 0) is 33.2 Å². The predicted octanol–water partition coefficient (Wildman–Crippen LogP) is 0.363. The second kappa shape index (κ2) is 7.84. The molecule has 30 heavy (non-hydrogen) atoms. The van der Waals surface area contributed by atoms with Gasteiger partial charge in [0.1, 0.15) is 12.6 Å². The van der Waals surface area contributed by atoms with Crippen molar-refractivity contribution >= 4 is 21.8 Å². The molecule has 0 spiro atoms. The summed E-state index contributed by atoms with van der Waals surface area (Å²) in [5.74, 6) is -0.280. The fourth-order valence-electron chi connectivity index (χ4n) is 4.07. The number of carbonyl (C=O) groups is 2. The van der Waals surface area contributed by atoms with E-state index in [1.54, 1.807) is 16.5 Å². The van der Waals surface area contributed by atoms with Crippen LogP contribution in [-0.4, -0.2) is 76.1 Å². The standard InChI is InChI=1S/C20H25N5O4S/c1-15-4-3-5-16(10-15)11-23-13-19(26)25-9-8-24(7-6-17(25)20(23)27)30(28,29)18-12-22(2)14-21-18/h3-5,10,12,14,17H,6-9,11,13H2,1-2H3. The van der Waals surface area contributed by atoms with Crippen LogP contribution in [0.3, 0.4) is 0 Å². The third-order valence-corrected chi connectivity index (χ3v) is 7.39. The molecule has 0 aliphatic carbocycles. The Balaban J connectivity index is 1.51. The number of piperazine rings is 1. The number of hydrogen-bond donors (Lipinski definition) is 0. The van der Waals surface area contributed by atoms with E-state index in [1.807, 2.05) is 31.2 Å². The van der Waals surface area contributed by atoms with Crippen LogP contribution in [0, 0.1) is 6.92 Å². The Bertz CT molecular complexity index is 1080. The Labute approximate surface area is 175 Å². The van der Waals surface area contributed by atoms with Crippen molar-refractivity contribution in [1.82, 2.24) is 23.7 Å². The average molecular weight is 432 g/mol. The molecule has 0 radical (unpaired) electrons. The van der Waals surface area contributed by atoms with Crippen molar-refractivity contribution in [3.8, 4) is 0 Å². The van der Waals surface area contributed by atoms with Gasteiger partial charge in [0.25, 0.3) is 10.0 Å². The summed E-state index contributed by atoms with van der Waals surface area (Å²) in [5, 5.41) is -0.0244. The van der Waals surface area contributed by atoms with Crippen molar-refractivity contribution in [3.05, 3.63) is 47.9 Å². The number of benzene rings is 1. The molecule has 2 aliphatic rings. The fourth-order valence-corrected chi connectivity index (χ4v) is 5.48. The van der Waals surface area contributed by atoms with Gasteiger partial charge in [-0.25, -0.2) is 13.4 Å². The molecule has 1 atom stereocenters. The van der Waals surface area contributed by atoms with E-state index in [2.05, 4.69) is 4.98 Å². The number of sulfonamides is 1. The molecule has 9 nitrogen and oxygen atoms in total. The van der Waals surface area contributed by atoms with Crippen LogP contribution in [0.1, 0.15) is 17.5 Å². The summed E-state index contributed by atoms with van der Waals surface area (Å²) in [6.45, 7) is 2.86. The van der Waals surface area contributed by atoms with Crippen molar-refractivity contribution in [3.63, 3.8) is 0 Å². The van der Waals surface area contributed by atoms with E-state index in [9.17, 15) is 18.0 Å². The molecule has 160 valence electrons. The highest BCUT2D eigenvalue weighted by Crippen LogP contribution is 2.23. The lowest BCUT2D eigenvalue weighted by Gasteiger charge is -2.39. The summed E-state index contributed by atoms with van der Waals surface area (Å²) in [6.07, 6.45) is 3.15. The number of amides is 2. The second-order valence-corrected chi connectivity index (χ2v) is 9.74. The molecule has 2 aliphatic heterocycles. The van der Waals surface area contributed by atoms with Gasteiger partial charge in [0.2, 0.25) is 11.8 Å². The van der Waals surface area contributed by atoms with Gasteiger partial charge in [-0.3, -0.25) is 9.59 Å². The Kier molecular flexibility index (Phi) is 5.37. The molecule has 10 heteroatoms. The zero-order valence-electron chi connectivity index (χ0n) is 17.1. The van der Waals surface area contributed by atoms with Gasteiger partial charge in [-0.05, 0) is 18.9 Å². The monoisotopic (exact) mass is 431 g/mol. The average Bonchev–Trinajstić information content (AvgIpc) is 3.00. The molecule has 1 aromatic carbocycles. The molecule has 1 aromatic heterocycles. The first kappa shape index (κ1) is 20.5. The lowest BCUT2D eigenvalue weighted by molar-refractivity contribution is -0.156. The first-order valence-corrected chi connectivity index (χ1v) is 11.3. The topological polar surface area (TPSA) is 95.8 Å². The van der Waals surface area contributed by atoms with Gasteiger partial charge < -0.3 is 14.4 Å². The largest absolute Gasteiger partial charge is 0.339 e. The van der Waals surface area contributed by atoms with E-state index in [0.29, 0.717) is 6.54 Å². The first-order chi connectivity index (χ1) is 14.3. The van der Waals surface area contributed by atoms with E-state index in [1.165, 1.54) is 21.7 Å². The molecule has 0 N–H and O–H groups in total. The molecule has 2 fully saturated rings. The van der Waals surface area contributed by atoms with Crippen LogP contribution in [0.2, 0.25) is 0 Å². The molecule has 0 bridgehead atoms. The molecule has 3 heterocycles. The molecule has 2 amide bonds. The highest BCUT2D eigenvalue weighted by molar-refractivity contribution is 7.89. The van der Waals surface area contributed by atoms with E-state index in [-0.39, 0.29) is 49.4 Å². The molecular formula is C20H25N5O4S. The minimum absolute atomic E-state index is 0.0102. The number of rotatable bonds is 4. The zero-order chi connectivity index (χ0) is 21.5. The van der Waals surface area contributed by atoms with Crippen LogP contribution < -0.4 is 0 Å². The Hall–Kier alpha value is -2.72. The molecule has 2 aromatic rings. The van der Waals surface area contributed by atoms with Crippen molar-refractivity contribution < 1.29 is 18.0 Å². The Morgan fingerprint density at radius 1 is 1.17 bits per heavy atom. The van der Waals surface area contributed by atoms with Crippen LogP contribution in [0.5, 0.6) is 0 Å². The number of fused-ring (bicyclic) bond motifs is 1. The summed E-state index contributed by atoms with van der Waals surface area (Å²) in [7, 11) is -2.07. The predicted molar refractivity (Wildman–Crippen MR) is 109 cm³/mol. The first-order valence-electron chi connectivity index (χ1n) is 9.87. The maximum Gasteiger partial charge on any atom is 0.262 e. The van der Waals surface area contributed by atoms with Crippen molar-refractivity contribution in [2.45, 2.75) is 31.0 Å². The lowest BCUT2D eigenvalue weighted by Crippen LogP contribution is -2.59. The summed E-state index contributed by atoms with van der Waals surface area (Å²) in [6, 6.07) is 7.21. The van der Waals surface area contributed by atoms with Crippen LogP contribution in [0.25, 0.3) is 0 Å². The maximum absolute atomic E-state index is 13.1. The minimum atomic E-state index is -3.77. The van der Waals surface area contributed by atoms with Gasteiger partial charge in [0, 0.05) is 39.4 Å². The second-order valence-electron chi connectivity index (χ2n) is 7.86. The SMILES string of the molecule is Cc1cccc(CN2CC(=O)N3CCN(S(=O)(=O)c4cn(C)cn4)CCC3C2=O)c1. The summed E-state index contributed by atoms with van der Waals surface area (Å²) < 4.78 is 28.7. The molecule has 0 saturated carbocycles. The van der Waals surface area contributed by atoms with Gasteiger partial charge in [-0.2, -0.15) is 4.31 Å². The number of carbonyl (C=O) groups excluding carboxylic acids is 2. The lowest BCUT2D eigenvalue weighted by atomic mass is 10.1. The molecular weight excluding hydrogens is 406 g/mol.